The minimum Gasteiger partial charge on any atom is -0.481 e. The Morgan fingerprint density at radius 2 is 1.84 bits per heavy atom. The Hall–Kier alpha value is -4.30. The van der Waals surface area contributed by atoms with Gasteiger partial charge in [0, 0.05) is 24.9 Å². The van der Waals surface area contributed by atoms with Crippen LogP contribution in [0.2, 0.25) is 0 Å². The van der Waals surface area contributed by atoms with E-state index in [1.54, 1.807) is 31.0 Å². The number of ether oxygens (including phenoxy) is 3. The first-order valence-corrected chi connectivity index (χ1v) is 15.0. The predicted molar refractivity (Wildman–Crippen MR) is 165 cm³/mol. The second-order valence-corrected chi connectivity index (χ2v) is 11.0. The van der Waals surface area contributed by atoms with Gasteiger partial charge >= 0.3 is 5.97 Å². The number of nitrogens with zero attached hydrogens (tertiary/aromatic N) is 3. The lowest BCUT2D eigenvalue weighted by Crippen LogP contribution is -2.19. The van der Waals surface area contributed by atoms with Crippen LogP contribution in [0.5, 0.6) is 5.88 Å². The number of carbonyl (C=O) groups is 1. The number of hydrogen-bond acceptors (Lipinski definition) is 6. The lowest BCUT2D eigenvalue weighted by molar-refractivity contribution is -0.137. The molecule has 1 saturated carbocycles. The molecule has 1 atom stereocenters. The molecule has 0 spiro atoms. The maximum absolute atomic E-state index is 15.5. The fraction of sp³-hybridized carbons (Fsp3) is 0.343. The van der Waals surface area contributed by atoms with Crippen LogP contribution in [0.3, 0.4) is 0 Å². The largest absolute Gasteiger partial charge is 0.481 e. The molecule has 7 nitrogen and oxygen atoms in total. The molecule has 222 valence electrons. The quantitative estimate of drug-likeness (QED) is 0.150. The van der Waals surface area contributed by atoms with Crippen LogP contribution in [0.15, 0.2) is 66.9 Å². The number of allylic oxidation sites excluding steroid dienone is 1. The summed E-state index contributed by atoms with van der Waals surface area (Å²) < 4.78 is 33.6. The number of pyridine rings is 1. The Kier molecular flexibility index (Phi) is 8.65. The molecular weight excluding hydrogens is 545 g/mol. The molecule has 1 saturated heterocycles. The number of benzene rings is 2. The van der Waals surface area contributed by atoms with Crippen molar-refractivity contribution >= 4 is 34.1 Å². The van der Waals surface area contributed by atoms with Crippen LogP contribution >= 0.6 is 0 Å². The highest BCUT2D eigenvalue weighted by molar-refractivity contribution is 6.01. The molecular formula is C35H36FN3O4. The number of esters is 1. The third-order valence-electron chi connectivity index (χ3n) is 8.31. The summed E-state index contributed by atoms with van der Waals surface area (Å²) in [6.07, 6.45) is 10.8. The Bertz CT molecular complexity index is 1660. The van der Waals surface area contributed by atoms with Gasteiger partial charge in [-0.1, -0.05) is 36.8 Å². The summed E-state index contributed by atoms with van der Waals surface area (Å²) in [6.45, 7) is 2.77. The van der Waals surface area contributed by atoms with Gasteiger partial charge in [-0.05, 0) is 103 Å². The van der Waals surface area contributed by atoms with Gasteiger partial charge in [-0.2, -0.15) is 4.39 Å². The number of halogens is 1. The van der Waals surface area contributed by atoms with Gasteiger partial charge in [0.15, 0.2) is 6.23 Å². The molecule has 6 rings (SSSR count). The maximum atomic E-state index is 15.5. The Morgan fingerprint density at radius 3 is 2.53 bits per heavy atom. The van der Waals surface area contributed by atoms with Gasteiger partial charge in [0.1, 0.15) is 0 Å². The lowest BCUT2D eigenvalue weighted by atomic mass is 9.73. The zero-order valence-corrected chi connectivity index (χ0v) is 24.6. The van der Waals surface area contributed by atoms with Crippen molar-refractivity contribution in [2.24, 2.45) is 5.92 Å². The van der Waals surface area contributed by atoms with Crippen LogP contribution in [0.1, 0.15) is 73.9 Å². The van der Waals surface area contributed by atoms with Gasteiger partial charge in [-0.3, -0.25) is 0 Å². The van der Waals surface area contributed by atoms with Crippen LogP contribution in [-0.2, 0) is 14.3 Å². The van der Waals surface area contributed by atoms with E-state index in [0.29, 0.717) is 30.4 Å². The highest BCUT2D eigenvalue weighted by atomic mass is 19.1. The van der Waals surface area contributed by atoms with Gasteiger partial charge in [0.05, 0.1) is 24.6 Å². The molecule has 4 aromatic rings. The van der Waals surface area contributed by atoms with Gasteiger partial charge in [0.2, 0.25) is 11.8 Å². The predicted octanol–water partition coefficient (Wildman–Crippen LogP) is 7.61. The van der Waals surface area contributed by atoms with Crippen LogP contribution in [0.4, 0.5) is 4.39 Å². The van der Waals surface area contributed by atoms with E-state index in [2.05, 4.69) is 28.3 Å². The van der Waals surface area contributed by atoms with Crippen molar-refractivity contribution in [1.29, 1.82) is 0 Å². The third-order valence-corrected chi connectivity index (χ3v) is 8.31. The van der Waals surface area contributed by atoms with E-state index in [1.165, 1.54) is 11.6 Å². The zero-order chi connectivity index (χ0) is 29.8. The molecule has 0 N–H and O–H groups in total. The van der Waals surface area contributed by atoms with E-state index in [-0.39, 0.29) is 12.2 Å². The Labute approximate surface area is 251 Å². The first kappa shape index (κ1) is 28.8. The van der Waals surface area contributed by atoms with E-state index >= 15 is 4.39 Å². The summed E-state index contributed by atoms with van der Waals surface area (Å²) in [4.78, 5) is 16.2. The first-order chi connectivity index (χ1) is 21.1. The summed E-state index contributed by atoms with van der Waals surface area (Å²) in [7, 11) is 1.62. The molecule has 1 aliphatic carbocycles. The number of carbonyl (C=O) groups excluding carboxylic acids is 1. The van der Waals surface area contributed by atoms with Crippen molar-refractivity contribution in [2.75, 3.05) is 20.3 Å². The summed E-state index contributed by atoms with van der Waals surface area (Å²) in [6, 6.07) is 18.0. The van der Waals surface area contributed by atoms with Crippen molar-refractivity contribution in [3.05, 3.63) is 95.1 Å². The summed E-state index contributed by atoms with van der Waals surface area (Å²) in [5, 5.41) is 4.74. The van der Waals surface area contributed by atoms with Crippen molar-refractivity contribution in [3.8, 4) is 5.88 Å². The number of hydrogen-bond donors (Lipinski definition) is 0. The molecule has 0 amide bonds. The highest BCUT2D eigenvalue weighted by Crippen LogP contribution is 2.46. The van der Waals surface area contributed by atoms with Gasteiger partial charge in [-0.15, -0.1) is 5.10 Å². The number of fused-ring (bicyclic) bond motifs is 1. The van der Waals surface area contributed by atoms with E-state index in [9.17, 15) is 4.79 Å². The topological polar surface area (TPSA) is 75.5 Å². The average molecular weight is 582 g/mol. The van der Waals surface area contributed by atoms with Crippen molar-refractivity contribution < 1.29 is 23.4 Å². The Balaban J connectivity index is 1.50. The molecule has 2 aromatic carbocycles. The average Bonchev–Trinajstić information content (AvgIpc) is 3.35. The normalized spacial score (nSPS) is 18.0. The fourth-order valence-corrected chi connectivity index (χ4v) is 5.96. The molecule has 43 heavy (non-hydrogen) atoms. The smallest absolute Gasteiger partial charge is 0.330 e. The maximum Gasteiger partial charge on any atom is 0.330 e. The van der Waals surface area contributed by atoms with Crippen molar-refractivity contribution in [1.82, 2.24) is 14.8 Å². The minimum absolute atomic E-state index is 0.258. The van der Waals surface area contributed by atoms with Crippen LogP contribution in [0.25, 0.3) is 28.1 Å². The number of rotatable bonds is 9. The molecule has 3 heterocycles. The van der Waals surface area contributed by atoms with Crippen molar-refractivity contribution in [2.45, 2.75) is 51.7 Å². The third kappa shape index (κ3) is 6.11. The molecule has 1 unspecified atom stereocenters. The summed E-state index contributed by atoms with van der Waals surface area (Å²) >= 11 is 0. The first-order valence-electron chi connectivity index (χ1n) is 15.0. The minimum atomic E-state index is -0.499. The molecule has 2 aromatic heterocycles. The van der Waals surface area contributed by atoms with Crippen LogP contribution in [-0.4, -0.2) is 41.1 Å². The van der Waals surface area contributed by atoms with E-state index < -0.39 is 5.95 Å². The number of aromatic nitrogens is 3. The summed E-state index contributed by atoms with van der Waals surface area (Å²) in [5.41, 5.74) is 6.75. The van der Waals surface area contributed by atoms with E-state index in [4.69, 9.17) is 14.2 Å². The molecule has 0 radical (unpaired) electrons. The second kappa shape index (κ2) is 12.9. The molecule has 0 bridgehead atoms. The van der Waals surface area contributed by atoms with E-state index in [1.807, 2.05) is 36.4 Å². The summed E-state index contributed by atoms with van der Waals surface area (Å²) in [5.74, 6) is 0.00828. The van der Waals surface area contributed by atoms with Crippen LogP contribution in [0, 0.1) is 11.9 Å². The molecule has 1 aliphatic heterocycles. The molecule has 2 fully saturated rings. The fourth-order valence-electron chi connectivity index (χ4n) is 5.96. The highest BCUT2D eigenvalue weighted by Gasteiger charge is 2.28. The molecule has 8 heteroatoms. The standard InChI is InChI=1S/C35H36FN3O4/c1-3-42-32(40)17-12-23-10-13-25(14-11-23)34(33(24-7-6-8-24)27-18-19-37-30(22-27)41-2)26-15-16-29-28(21-26)35(36)38-39(29)31-9-4-5-20-43-31/h10-19,21-22,24,31H,3-9,20H2,1-2H3. The number of methoxy groups -OCH3 is 1. The SMILES string of the molecule is CCOC(=O)C=Cc1ccc(C(=C(c2ccnc(OC)c2)C2CCC2)c2ccc3c(c2)c(F)nn3C2CCCCO2)cc1. The van der Waals surface area contributed by atoms with Crippen molar-refractivity contribution in [3.63, 3.8) is 0 Å². The second-order valence-electron chi connectivity index (χ2n) is 11.0. The van der Waals surface area contributed by atoms with E-state index in [0.717, 1.165) is 71.9 Å². The Morgan fingerprint density at radius 1 is 1.02 bits per heavy atom. The van der Waals surface area contributed by atoms with Gasteiger partial charge < -0.3 is 14.2 Å². The molecule has 2 aliphatic rings. The van der Waals surface area contributed by atoms with Gasteiger partial charge in [0.25, 0.3) is 0 Å². The lowest BCUT2D eigenvalue weighted by Gasteiger charge is -2.31. The van der Waals surface area contributed by atoms with Crippen LogP contribution < -0.4 is 4.74 Å². The monoisotopic (exact) mass is 581 g/mol. The zero-order valence-electron chi connectivity index (χ0n) is 24.6. The van der Waals surface area contributed by atoms with Gasteiger partial charge in [-0.25, -0.2) is 14.5 Å².